The molecule has 1 aliphatic rings. The predicted octanol–water partition coefficient (Wildman–Crippen LogP) is 2.84. The Balaban J connectivity index is 1.79. The molecule has 1 aliphatic carbocycles. The number of hydrogen-bond donors (Lipinski definition) is 0. The van der Waals surface area contributed by atoms with Crippen molar-refractivity contribution in [1.82, 2.24) is 9.55 Å². The van der Waals surface area contributed by atoms with E-state index in [9.17, 15) is 0 Å². The predicted molar refractivity (Wildman–Crippen MR) is 51.9 cm³/mol. The quantitative estimate of drug-likeness (QED) is 0.779. The van der Waals surface area contributed by atoms with Gasteiger partial charge in [0.15, 0.2) is 0 Å². The number of imidazole rings is 1. The van der Waals surface area contributed by atoms with Crippen LogP contribution in [0.3, 0.4) is 0 Å². The average molecular weight is 229 g/mol. The topological polar surface area (TPSA) is 17.8 Å². The molecule has 12 heavy (non-hydrogen) atoms. The molecule has 0 spiro atoms. The molecule has 0 atom stereocenters. The number of nitrogens with zero attached hydrogens (tertiary/aromatic N) is 2. The Labute approximate surface area is 81.1 Å². The normalized spacial score (nSPS) is 17.8. The van der Waals surface area contributed by atoms with E-state index in [4.69, 9.17) is 0 Å². The van der Waals surface area contributed by atoms with Crippen molar-refractivity contribution in [3.8, 4) is 0 Å². The second kappa shape index (κ2) is 3.60. The Hall–Kier alpha value is -0.310. The van der Waals surface area contributed by atoms with Gasteiger partial charge in [-0.05, 0) is 28.3 Å². The fourth-order valence-corrected chi connectivity index (χ4v) is 1.92. The van der Waals surface area contributed by atoms with E-state index >= 15 is 0 Å². The molecule has 1 aromatic rings. The summed E-state index contributed by atoms with van der Waals surface area (Å²) in [5, 5.41) is 0. The zero-order chi connectivity index (χ0) is 8.39. The number of hydrogen-bond acceptors (Lipinski definition) is 1. The number of rotatable bonds is 3. The maximum Gasteiger partial charge on any atom is 0.124 e. The molecule has 1 aromatic heterocycles. The number of halogens is 1. The molecule has 0 radical (unpaired) electrons. The van der Waals surface area contributed by atoms with Crippen LogP contribution in [0.15, 0.2) is 17.1 Å². The van der Waals surface area contributed by atoms with E-state index in [1.54, 1.807) is 0 Å². The van der Waals surface area contributed by atoms with Crippen LogP contribution < -0.4 is 0 Å². The van der Waals surface area contributed by atoms with E-state index in [1.165, 1.54) is 25.7 Å². The van der Waals surface area contributed by atoms with Crippen molar-refractivity contribution < 1.29 is 0 Å². The van der Waals surface area contributed by atoms with E-state index in [0.29, 0.717) is 0 Å². The van der Waals surface area contributed by atoms with E-state index < -0.39 is 0 Å². The van der Waals surface area contributed by atoms with Crippen LogP contribution in [0, 0.1) is 5.92 Å². The lowest BCUT2D eigenvalue weighted by Gasteiger charge is -2.25. The highest BCUT2D eigenvalue weighted by Gasteiger charge is 2.16. The van der Waals surface area contributed by atoms with Crippen molar-refractivity contribution in [3.05, 3.63) is 17.1 Å². The summed E-state index contributed by atoms with van der Waals surface area (Å²) >= 11 is 3.34. The highest BCUT2D eigenvalue weighted by atomic mass is 79.9. The van der Waals surface area contributed by atoms with E-state index in [-0.39, 0.29) is 0 Å². The van der Waals surface area contributed by atoms with Crippen LogP contribution in [0.5, 0.6) is 0 Å². The summed E-state index contributed by atoms with van der Waals surface area (Å²) in [4.78, 5) is 4.12. The first-order valence-electron chi connectivity index (χ1n) is 4.52. The standard InChI is InChI=1S/C9H13BrN2/c10-9-6-12(7-11-9)5-4-8-2-1-3-8/h6-8H,1-5H2. The smallest absolute Gasteiger partial charge is 0.124 e. The monoisotopic (exact) mass is 228 g/mol. The Bertz CT molecular complexity index is 253. The Morgan fingerprint density at radius 3 is 2.92 bits per heavy atom. The Kier molecular flexibility index (Phi) is 2.49. The molecule has 0 aromatic carbocycles. The van der Waals surface area contributed by atoms with Gasteiger partial charge in [0.2, 0.25) is 0 Å². The highest BCUT2D eigenvalue weighted by molar-refractivity contribution is 9.10. The van der Waals surface area contributed by atoms with Crippen LogP contribution in [0.1, 0.15) is 25.7 Å². The van der Waals surface area contributed by atoms with Gasteiger partial charge in [-0.2, -0.15) is 0 Å². The maximum atomic E-state index is 4.12. The molecule has 1 heterocycles. The molecule has 66 valence electrons. The fraction of sp³-hybridized carbons (Fsp3) is 0.667. The molecule has 1 saturated carbocycles. The lowest BCUT2D eigenvalue weighted by atomic mass is 9.83. The Morgan fingerprint density at radius 2 is 2.42 bits per heavy atom. The first-order chi connectivity index (χ1) is 5.84. The van der Waals surface area contributed by atoms with E-state index in [2.05, 4.69) is 25.5 Å². The van der Waals surface area contributed by atoms with Crippen LogP contribution in [0.25, 0.3) is 0 Å². The molecule has 0 unspecified atom stereocenters. The lowest BCUT2D eigenvalue weighted by Crippen LogP contribution is -2.13. The van der Waals surface area contributed by atoms with Gasteiger partial charge >= 0.3 is 0 Å². The molecule has 0 amide bonds. The first kappa shape index (κ1) is 8.30. The van der Waals surface area contributed by atoms with Crippen molar-refractivity contribution >= 4 is 15.9 Å². The molecule has 0 aliphatic heterocycles. The first-order valence-corrected chi connectivity index (χ1v) is 5.31. The zero-order valence-corrected chi connectivity index (χ0v) is 8.63. The molecule has 3 heteroatoms. The SMILES string of the molecule is Brc1cn(CCC2CCC2)cn1. The van der Waals surface area contributed by atoms with E-state index in [0.717, 1.165) is 17.1 Å². The molecule has 0 bridgehead atoms. The van der Waals surface area contributed by atoms with Gasteiger partial charge < -0.3 is 4.57 Å². The summed E-state index contributed by atoms with van der Waals surface area (Å²) in [7, 11) is 0. The van der Waals surface area contributed by atoms with Gasteiger partial charge in [0, 0.05) is 12.7 Å². The fourth-order valence-electron chi connectivity index (χ4n) is 1.57. The van der Waals surface area contributed by atoms with Gasteiger partial charge in [-0.15, -0.1) is 0 Å². The van der Waals surface area contributed by atoms with Gasteiger partial charge in [0.1, 0.15) is 4.60 Å². The van der Waals surface area contributed by atoms with Crippen molar-refractivity contribution in [2.45, 2.75) is 32.2 Å². The second-order valence-electron chi connectivity index (χ2n) is 3.52. The minimum absolute atomic E-state index is 0.941. The van der Waals surface area contributed by atoms with Crippen LogP contribution >= 0.6 is 15.9 Å². The maximum absolute atomic E-state index is 4.12. The van der Waals surface area contributed by atoms with E-state index in [1.807, 2.05) is 12.5 Å². The van der Waals surface area contributed by atoms with Gasteiger partial charge in [-0.25, -0.2) is 4.98 Å². The largest absolute Gasteiger partial charge is 0.336 e. The molecule has 2 rings (SSSR count). The van der Waals surface area contributed by atoms with Crippen LogP contribution in [0.2, 0.25) is 0 Å². The average Bonchev–Trinajstić information content (AvgIpc) is 2.32. The Morgan fingerprint density at radius 1 is 1.58 bits per heavy atom. The molecule has 1 fully saturated rings. The summed E-state index contributed by atoms with van der Waals surface area (Å²) in [5.41, 5.74) is 0. The second-order valence-corrected chi connectivity index (χ2v) is 4.33. The summed E-state index contributed by atoms with van der Waals surface area (Å²) in [5.74, 6) is 0.992. The highest BCUT2D eigenvalue weighted by Crippen LogP contribution is 2.29. The van der Waals surface area contributed by atoms with Crippen LogP contribution in [-0.4, -0.2) is 9.55 Å². The van der Waals surface area contributed by atoms with Crippen molar-refractivity contribution in [2.75, 3.05) is 0 Å². The van der Waals surface area contributed by atoms with Gasteiger partial charge in [-0.3, -0.25) is 0 Å². The third-order valence-electron chi connectivity index (χ3n) is 2.62. The van der Waals surface area contributed by atoms with Gasteiger partial charge in [0.25, 0.3) is 0 Å². The third kappa shape index (κ3) is 1.89. The third-order valence-corrected chi connectivity index (χ3v) is 3.03. The molecule has 0 N–H and O–H groups in total. The minimum atomic E-state index is 0.941. The molecular weight excluding hydrogens is 216 g/mol. The van der Waals surface area contributed by atoms with Crippen LogP contribution in [0.4, 0.5) is 0 Å². The molecular formula is C9H13BrN2. The van der Waals surface area contributed by atoms with Crippen LogP contribution in [-0.2, 0) is 6.54 Å². The molecule has 2 nitrogen and oxygen atoms in total. The van der Waals surface area contributed by atoms with Crippen molar-refractivity contribution in [3.63, 3.8) is 0 Å². The summed E-state index contributed by atoms with van der Waals surface area (Å²) in [6, 6.07) is 0. The summed E-state index contributed by atoms with van der Waals surface area (Å²) in [6.45, 7) is 1.13. The summed E-state index contributed by atoms with van der Waals surface area (Å²) < 4.78 is 3.10. The van der Waals surface area contributed by atoms with Crippen molar-refractivity contribution in [1.29, 1.82) is 0 Å². The lowest BCUT2D eigenvalue weighted by molar-refractivity contribution is 0.282. The molecule has 0 saturated heterocycles. The van der Waals surface area contributed by atoms with Crippen molar-refractivity contribution in [2.24, 2.45) is 5.92 Å². The summed E-state index contributed by atoms with van der Waals surface area (Å²) in [6.07, 6.45) is 9.58. The zero-order valence-electron chi connectivity index (χ0n) is 7.04. The van der Waals surface area contributed by atoms with Gasteiger partial charge in [-0.1, -0.05) is 19.3 Å². The number of aromatic nitrogens is 2. The minimum Gasteiger partial charge on any atom is -0.336 e. The van der Waals surface area contributed by atoms with Gasteiger partial charge in [0.05, 0.1) is 6.33 Å². The number of aryl methyl sites for hydroxylation is 1.